The summed E-state index contributed by atoms with van der Waals surface area (Å²) in [5.74, 6) is -0.557. The van der Waals surface area contributed by atoms with Crippen LogP contribution in [0.1, 0.15) is 10.4 Å². The lowest BCUT2D eigenvalue weighted by Gasteiger charge is -2.47. The van der Waals surface area contributed by atoms with Gasteiger partial charge in [-0.05, 0) is 42.5 Å². The van der Waals surface area contributed by atoms with Crippen LogP contribution in [0, 0.1) is 5.21 Å². The molecule has 3 aromatic carbocycles. The standard InChI is InChI=1S/C25H26Cl2N4O6S2/c1-29(38(2,34)35)24-6-4-3-5-23(24)25(32)28-20-7-9-22(10-8-20)39(36,37)30-11-13-31(33,14-12-30)21-16-18(26)15-19(27)17-21/h3-10,15-17H,11-14H2,1-2H3,(H,28,32). The number of piperazine rings is 1. The minimum absolute atomic E-state index is 0.000902. The maximum absolute atomic E-state index is 13.3. The Bertz CT molecular complexity index is 1590. The van der Waals surface area contributed by atoms with Crippen molar-refractivity contribution >= 4 is 66.2 Å². The van der Waals surface area contributed by atoms with Gasteiger partial charge in [0.2, 0.25) is 20.0 Å². The van der Waals surface area contributed by atoms with Gasteiger partial charge in [-0.2, -0.15) is 4.31 Å². The first kappa shape index (κ1) is 29.3. The van der Waals surface area contributed by atoms with Gasteiger partial charge in [0, 0.05) is 34.9 Å². The number of anilines is 2. The van der Waals surface area contributed by atoms with E-state index in [4.69, 9.17) is 23.2 Å². The molecule has 4 rings (SSSR count). The smallest absolute Gasteiger partial charge is 0.257 e. The van der Waals surface area contributed by atoms with Crippen LogP contribution in [0.4, 0.5) is 17.1 Å². The molecular weight excluding hydrogens is 587 g/mol. The predicted molar refractivity (Wildman–Crippen MR) is 154 cm³/mol. The molecule has 1 saturated heterocycles. The van der Waals surface area contributed by atoms with E-state index in [2.05, 4.69) is 5.32 Å². The third kappa shape index (κ3) is 6.38. The van der Waals surface area contributed by atoms with Gasteiger partial charge in [-0.1, -0.05) is 35.3 Å². The summed E-state index contributed by atoms with van der Waals surface area (Å²) in [7, 11) is -6.14. The lowest BCUT2D eigenvalue weighted by atomic mass is 10.1. The second kappa shape index (κ2) is 11.0. The van der Waals surface area contributed by atoms with Crippen molar-refractivity contribution in [1.29, 1.82) is 0 Å². The van der Waals surface area contributed by atoms with Crippen molar-refractivity contribution in [2.24, 2.45) is 0 Å². The molecule has 1 N–H and O–H groups in total. The second-order valence-electron chi connectivity index (χ2n) is 9.09. The minimum atomic E-state index is -3.90. The summed E-state index contributed by atoms with van der Waals surface area (Å²) in [5, 5.41) is 16.7. The maximum atomic E-state index is 13.3. The van der Waals surface area contributed by atoms with Gasteiger partial charge in [-0.15, -0.1) is 0 Å². The predicted octanol–water partition coefficient (Wildman–Crippen LogP) is 4.15. The molecule has 0 atom stereocenters. The van der Waals surface area contributed by atoms with Gasteiger partial charge in [-0.25, -0.2) is 16.8 Å². The van der Waals surface area contributed by atoms with Gasteiger partial charge in [-0.3, -0.25) is 9.10 Å². The average molecular weight is 614 g/mol. The zero-order chi connectivity index (χ0) is 28.6. The molecule has 0 aliphatic carbocycles. The molecular formula is C25H26Cl2N4O6S2. The Morgan fingerprint density at radius 2 is 1.51 bits per heavy atom. The van der Waals surface area contributed by atoms with Crippen molar-refractivity contribution < 1.29 is 21.6 Å². The molecule has 0 radical (unpaired) electrons. The highest BCUT2D eigenvalue weighted by Crippen LogP contribution is 2.32. The van der Waals surface area contributed by atoms with Gasteiger partial charge in [0.15, 0.2) is 0 Å². The summed E-state index contributed by atoms with van der Waals surface area (Å²) in [4.78, 5) is 12.9. The summed E-state index contributed by atoms with van der Waals surface area (Å²) in [6, 6.07) is 16.5. The topological polar surface area (TPSA) is 127 Å². The normalized spacial score (nSPS) is 16.0. The Hall–Kier alpha value is -2.71. The highest BCUT2D eigenvalue weighted by Gasteiger charge is 2.35. The van der Waals surface area contributed by atoms with E-state index >= 15 is 0 Å². The monoisotopic (exact) mass is 612 g/mol. The van der Waals surface area contributed by atoms with Crippen molar-refractivity contribution in [2.75, 3.05) is 49.1 Å². The molecule has 3 aromatic rings. The summed E-state index contributed by atoms with van der Waals surface area (Å²) in [6.45, 7) is -0.0189. The molecule has 0 bridgehead atoms. The highest BCUT2D eigenvalue weighted by atomic mass is 35.5. The summed E-state index contributed by atoms with van der Waals surface area (Å²) >= 11 is 12.1. The number of sulfonamides is 2. The zero-order valence-electron chi connectivity index (χ0n) is 21.0. The van der Waals surface area contributed by atoms with Crippen LogP contribution >= 0.6 is 23.2 Å². The number of nitrogens with zero attached hydrogens (tertiary/aromatic N) is 3. The number of quaternary nitrogens is 1. The van der Waals surface area contributed by atoms with Crippen LogP contribution in [0.2, 0.25) is 10.0 Å². The number of carbonyl (C=O) groups excluding carboxylic acids is 1. The number of halogens is 2. The van der Waals surface area contributed by atoms with E-state index in [1.54, 1.807) is 12.1 Å². The number of amides is 1. The molecule has 0 spiro atoms. The van der Waals surface area contributed by atoms with Crippen molar-refractivity contribution in [1.82, 2.24) is 8.95 Å². The molecule has 0 aromatic heterocycles. The number of carbonyl (C=O) groups is 1. The largest absolute Gasteiger partial charge is 0.627 e. The van der Waals surface area contributed by atoms with Crippen molar-refractivity contribution in [3.05, 3.63) is 87.5 Å². The lowest BCUT2D eigenvalue weighted by Crippen LogP contribution is -2.58. The number of hydrogen-bond acceptors (Lipinski definition) is 6. The lowest BCUT2D eigenvalue weighted by molar-refractivity contribution is 0.102. The van der Waals surface area contributed by atoms with Gasteiger partial charge in [0.05, 0.1) is 48.6 Å². The fraction of sp³-hybridized carbons (Fsp3) is 0.240. The van der Waals surface area contributed by atoms with E-state index in [0.717, 1.165) is 10.6 Å². The molecule has 208 valence electrons. The highest BCUT2D eigenvalue weighted by molar-refractivity contribution is 7.92. The van der Waals surface area contributed by atoms with E-state index in [1.807, 2.05) is 0 Å². The number of benzene rings is 3. The van der Waals surface area contributed by atoms with Crippen LogP contribution in [-0.2, 0) is 20.0 Å². The van der Waals surface area contributed by atoms with E-state index in [9.17, 15) is 26.8 Å². The van der Waals surface area contributed by atoms with Crippen LogP contribution in [0.5, 0.6) is 0 Å². The van der Waals surface area contributed by atoms with Crippen molar-refractivity contribution in [3.63, 3.8) is 0 Å². The molecule has 14 heteroatoms. The molecule has 1 fully saturated rings. The van der Waals surface area contributed by atoms with Crippen LogP contribution in [0.3, 0.4) is 0 Å². The molecule has 1 amide bonds. The van der Waals surface area contributed by atoms with Crippen molar-refractivity contribution in [3.8, 4) is 0 Å². The maximum Gasteiger partial charge on any atom is 0.257 e. The summed E-state index contributed by atoms with van der Waals surface area (Å²) in [5.41, 5.74) is 1.03. The third-order valence-electron chi connectivity index (χ3n) is 6.47. The Kier molecular flexibility index (Phi) is 8.29. The summed E-state index contributed by atoms with van der Waals surface area (Å²) in [6.07, 6.45) is 1.03. The first-order valence-corrected chi connectivity index (χ1v) is 15.7. The molecule has 1 heterocycles. The number of hydrogen-bond donors (Lipinski definition) is 1. The van der Waals surface area contributed by atoms with Crippen LogP contribution < -0.4 is 14.3 Å². The van der Waals surface area contributed by atoms with Gasteiger partial charge < -0.3 is 15.2 Å². The molecule has 10 nitrogen and oxygen atoms in total. The molecule has 0 unspecified atom stereocenters. The average Bonchev–Trinajstić information content (AvgIpc) is 2.88. The van der Waals surface area contributed by atoms with E-state index in [-0.39, 0.29) is 42.3 Å². The fourth-order valence-electron chi connectivity index (χ4n) is 4.22. The van der Waals surface area contributed by atoms with E-state index < -0.39 is 30.6 Å². The van der Waals surface area contributed by atoms with Crippen LogP contribution in [0.25, 0.3) is 0 Å². The quantitative estimate of drug-likeness (QED) is 0.315. The Labute approximate surface area is 237 Å². The van der Waals surface area contributed by atoms with Crippen LogP contribution in [-0.4, -0.2) is 66.5 Å². The van der Waals surface area contributed by atoms with Gasteiger partial charge >= 0.3 is 0 Å². The Balaban J connectivity index is 1.46. The summed E-state index contributed by atoms with van der Waals surface area (Å²) < 4.78 is 51.9. The third-order valence-corrected chi connectivity index (χ3v) is 10.0. The van der Waals surface area contributed by atoms with Crippen LogP contribution in [0.15, 0.2) is 71.6 Å². The molecule has 0 saturated carbocycles. The van der Waals surface area contributed by atoms with E-state index in [1.165, 1.54) is 66.0 Å². The Morgan fingerprint density at radius 1 is 0.949 bits per heavy atom. The zero-order valence-corrected chi connectivity index (χ0v) is 24.2. The number of rotatable bonds is 7. The van der Waals surface area contributed by atoms with E-state index in [0.29, 0.717) is 21.4 Å². The first-order chi connectivity index (χ1) is 18.2. The number of nitrogens with one attached hydrogen (secondary N) is 1. The Morgan fingerprint density at radius 3 is 2.08 bits per heavy atom. The first-order valence-electron chi connectivity index (χ1n) is 11.7. The second-order valence-corrected chi connectivity index (χ2v) is 13.9. The number of para-hydroxylation sites is 1. The molecule has 1 aliphatic rings. The van der Waals surface area contributed by atoms with Gasteiger partial charge in [0.1, 0.15) is 5.69 Å². The molecule has 1 aliphatic heterocycles. The minimum Gasteiger partial charge on any atom is -0.627 e. The van der Waals surface area contributed by atoms with Crippen molar-refractivity contribution in [2.45, 2.75) is 4.90 Å². The molecule has 39 heavy (non-hydrogen) atoms. The number of hydroxylamine groups is 2. The fourth-order valence-corrected chi connectivity index (χ4v) is 6.67. The van der Waals surface area contributed by atoms with Gasteiger partial charge in [0.25, 0.3) is 5.91 Å². The SMILES string of the molecule is CN(c1ccccc1C(=O)Nc1ccc(S(=O)(=O)N2CC[N+]([O-])(c3cc(Cl)cc(Cl)c3)CC2)cc1)S(C)(=O)=O.